The van der Waals surface area contributed by atoms with Crippen LogP contribution in [0.4, 0.5) is 0 Å². The number of nitrogens with two attached hydrogens (primary N) is 1. The Morgan fingerprint density at radius 1 is 0.783 bits per heavy atom. The minimum atomic E-state index is -0.165. The maximum atomic E-state index is 12.7. The number of benzene rings is 4. The summed E-state index contributed by atoms with van der Waals surface area (Å²) in [6, 6.07) is 30.9. The molecule has 0 saturated heterocycles. The highest BCUT2D eigenvalue weighted by Gasteiger charge is 2.21. The van der Waals surface area contributed by atoms with Crippen LogP contribution in [-0.4, -0.2) is 50.3 Å². The van der Waals surface area contributed by atoms with Gasteiger partial charge >= 0.3 is 6.01 Å². The fourth-order valence-electron chi connectivity index (χ4n) is 4.75. The third-order valence-corrected chi connectivity index (χ3v) is 7.05. The SMILES string of the molecule is Cc1nc2c(Oc3cccc(C(=O)N(C)C)c3)nc(Oc3cc(C(=N)N)ccc3Oc3ccccc3)nc2n1Cc1ccccc1. The summed E-state index contributed by atoms with van der Waals surface area (Å²) in [5.74, 6) is 2.11. The van der Waals surface area contributed by atoms with E-state index in [9.17, 15) is 4.79 Å². The van der Waals surface area contributed by atoms with Gasteiger partial charge < -0.3 is 29.4 Å². The molecular weight excluding hydrogens is 582 g/mol. The van der Waals surface area contributed by atoms with Crippen LogP contribution in [-0.2, 0) is 6.54 Å². The zero-order valence-electron chi connectivity index (χ0n) is 25.5. The largest absolute Gasteiger partial charge is 0.453 e. The minimum Gasteiger partial charge on any atom is -0.453 e. The van der Waals surface area contributed by atoms with Crippen molar-refractivity contribution in [2.45, 2.75) is 13.5 Å². The molecule has 0 aliphatic carbocycles. The van der Waals surface area contributed by atoms with E-state index in [1.165, 1.54) is 4.90 Å². The van der Waals surface area contributed by atoms with E-state index in [0.717, 1.165) is 5.56 Å². The van der Waals surface area contributed by atoms with E-state index in [-0.39, 0.29) is 29.4 Å². The highest BCUT2D eigenvalue weighted by Crippen LogP contribution is 2.37. The van der Waals surface area contributed by atoms with Crippen LogP contribution >= 0.6 is 0 Å². The Bertz CT molecular complexity index is 2040. The summed E-state index contributed by atoms with van der Waals surface area (Å²) in [4.78, 5) is 28.3. The molecule has 1 amide bonds. The van der Waals surface area contributed by atoms with Gasteiger partial charge in [0, 0.05) is 25.2 Å². The van der Waals surface area contributed by atoms with Crippen molar-refractivity contribution in [3.8, 4) is 34.9 Å². The number of aryl methyl sites for hydroxylation is 1. The minimum absolute atomic E-state index is 0.0455. The van der Waals surface area contributed by atoms with Crippen molar-refractivity contribution in [2.24, 2.45) is 5.73 Å². The van der Waals surface area contributed by atoms with Crippen molar-refractivity contribution in [3.63, 3.8) is 0 Å². The molecule has 0 radical (unpaired) electrons. The number of ether oxygens (including phenoxy) is 3. The van der Waals surface area contributed by atoms with E-state index in [4.69, 9.17) is 35.3 Å². The summed E-state index contributed by atoms with van der Waals surface area (Å²) < 4.78 is 20.6. The number of nitrogens with zero attached hydrogens (tertiary/aromatic N) is 5. The highest BCUT2D eigenvalue weighted by molar-refractivity contribution is 5.95. The number of carbonyl (C=O) groups is 1. The molecule has 6 aromatic rings. The Hall–Kier alpha value is -6.23. The van der Waals surface area contributed by atoms with Crippen molar-refractivity contribution >= 4 is 22.9 Å². The molecular formula is C35H31N7O4. The predicted octanol–water partition coefficient (Wildman–Crippen LogP) is 6.55. The number of carbonyl (C=O) groups excluding carboxylic acids is 1. The molecule has 0 spiro atoms. The van der Waals surface area contributed by atoms with Gasteiger partial charge in [0.25, 0.3) is 11.8 Å². The molecule has 0 atom stereocenters. The van der Waals surface area contributed by atoms with Gasteiger partial charge in [0.2, 0.25) is 0 Å². The van der Waals surface area contributed by atoms with Gasteiger partial charge in [0.05, 0.1) is 6.54 Å². The number of nitrogens with one attached hydrogen (secondary N) is 1. The summed E-state index contributed by atoms with van der Waals surface area (Å²) in [5, 5.41) is 7.97. The zero-order chi connectivity index (χ0) is 32.2. The first-order chi connectivity index (χ1) is 22.2. The molecule has 0 aliphatic rings. The number of aromatic nitrogens is 4. The van der Waals surface area contributed by atoms with Crippen LogP contribution < -0.4 is 19.9 Å². The number of rotatable bonds is 10. The molecule has 0 fully saturated rings. The molecule has 11 heteroatoms. The third-order valence-electron chi connectivity index (χ3n) is 7.05. The maximum Gasteiger partial charge on any atom is 0.327 e. The Morgan fingerprint density at radius 3 is 2.22 bits per heavy atom. The average molecular weight is 614 g/mol. The van der Waals surface area contributed by atoms with E-state index >= 15 is 0 Å². The van der Waals surface area contributed by atoms with Crippen LogP contribution in [0.1, 0.15) is 27.3 Å². The summed E-state index contributed by atoms with van der Waals surface area (Å²) >= 11 is 0. The van der Waals surface area contributed by atoms with E-state index in [2.05, 4.69) is 4.98 Å². The van der Waals surface area contributed by atoms with Gasteiger partial charge in [-0.05, 0) is 61.0 Å². The van der Waals surface area contributed by atoms with Crippen molar-refractivity contribution < 1.29 is 19.0 Å². The molecule has 0 bridgehead atoms. The van der Waals surface area contributed by atoms with E-state index in [1.807, 2.05) is 72.2 Å². The predicted molar refractivity (Wildman–Crippen MR) is 174 cm³/mol. The molecule has 0 aliphatic heterocycles. The van der Waals surface area contributed by atoms with Gasteiger partial charge in [0.1, 0.15) is 23.2 Å². The summed E-state index contributed by atoms with van der Waals surface area (Å²) in [5.41, 5.74) is 8.65. The Kier molecular flexibility index (Phi) is 8.29. The van der Waals surface area contributed by atoms with Crippen LogP contribution in [0.25, 0.3) is 11.2 Å². The third kappa shape index (κ3) is 6.48. The lowest BCUT2D eigenvalue weighted by atomic mass is 10.2. The van der Waals surface area contributed by atoms with Gasteiger partial charge in [-0.1, -0.05) is 54.6 Å². The van der Waals surface area contributed by atoms with Crippen molar-refractivity contribution in [2.75, 3.05) is 14.1 Å². The number of imidazole rings is 1. The second-order valence-electron chi connectivity index (χ2n) is 10.6. The maximum absolute atomic E-state index is 12.7. The van der Waals surface area contributed by atoms with Crippen LogP contribution in [0.3, 0.4) is 0 Å². The Labute approximate surface area is 265 Å². The zero-order valence-corrected chi connectivity index (χ0v) is 25.5. The molecule has 0 unspecified atom stereocenters. The normalized spacial score (nSPS) is 10.8. The number of hydrogen-bond donors (Lipinski definition) is 2. The first kappa shape index (κ1) is 29.8. The monoisotopic (exact) mass is 613 g/mol. The lowest BCUT2D eigenvalue weighted by Crippen LogP contribution is -2.21. The molecule has 0 saturated carbocycles. The lowest BCUT2D eigenvalue weighted by Gasteiger charge is -2.14. The molecule has 4 aromatic carbocycles. The van der Waals surface area contributed by atoms with Gasteiger partial charge in [-0.25, -0.2) is 4.98 Å². The lowest BCUT2D eigenvalue weighted by molar-refractivity contribution is 0.0827. The van der Waals surface area contributed by atoms with Crippen LogP contribution in [0.2, 0.25) is 0 Å². The highest BCUT2D eigenvalue weighted by atomic mass is 16.5. The molecule has 2 aromatic heterocycles. The van der Waals surface area contributed by atoms with Gasteiger partial charge in [-0.2, -0.15) is 9.97 Å². The Balaban J connectivity index is 1.46. The number of nitrogen functional groups attached to an aromatic ring is 1. The first-order valence-electron chi connectivity index (χ1n) is 14.4. The van der Waals surface area contributed by atoms with E-state index < -0.39 is 0 Å². The van der Waals surface area contributed by atoms with E-state index in [0.29, 0.717) is 51.9 Å². The van der Waals surface area contributed by atoms with Gasteiger partial charge in [0.15, 0.2) is 22.7 Å². The molecule has 11 nitrogen and oxygen atoms in total. The number of para-hydroxylation sites is 1. The molecule has 2 heterocycles. The van der Waals surface area contributed by atoms with Gasteiger partial charge in [-0.3, -0.25) is 10.2 Å². The smallest absolute Gasteiger partial charge is 0.327 e. The standard InChI is InChI=1S/C35H31N7O4/c1-22-38-30-32(42(22)21-23-11-6-4-7-12-23)39-35(40-33(30)45-27-16-10-13-25(19-27)34(43)41(2)3)46-29-20-24(31(36)37)17-18-28(29)44-26-14-8-5-9-15-26/h4-20H,21H2,1-3H3,(H3,36,37). The van der Waals surface area contributed by atoms with Crippen molar-refractivity contribution in [1.82, 2.24) is 24.4 Å². The average Bonchev–Trinajstić information content (AvgIpc) is 3.37. The number of amidine groups is 1. The number of hydrogen-bond acceptors (Lipinski definition) is 8. The molecule has 3 N–H and O–H groups in total. The summed E-state index contributed by atoms with van der Waals surface area (Å²) in [6.45, 7) is 2.38. The number of fused-ring (bicyclic) bond motifs is 1. The second-order valence-corrected chi connectivity index (χ2v) is 10.6. The van der Waals surface area contributed by atoms with E-state index in [1.54, 1.807) is 56.6 Å². The molecule has 6 rings (SSSR count). The summed E-state index contributed by atoms with van der Waals surface area (Å²) in [6.07, 6.45) is 0. The fourth-order valence-corrected chi connectivity index (χ4v) is 4.75. The second kappa shape index (κ2) is 12.8. The first-order valence-corrected chi connectivity index (χ1v) is 14.4. The van der Waals surface area contributed by atoms with Gasteiger partial charge in [-0.15, -0.1) is 0 Å². The molecule has 230 valence electrons. The topological polar surface area (TPSA) is 141 Å². The summed E-state index contributed by atoms with van der Waals surface area (Å²) in [7, 11) is 3.37. The van der Waals surface area contributed by atoms with Crippen LogP contribution in [0, 0.1) is 12.3 Å². The quantitative estimate of drug-likeness (QED) is 0.131. The number of amides is 1. The fraction of sp³-hybridized carbons (Fsp3) is 0.114. The van der Waals surface area contributed by atoms with Crippen LogP contribution in [0.5, 0.6) is 34.9 Å². The Morgan fingerprint density at radius 2 is 1.50 bits per heavy atom. The van der Waals surface area contributed by atoms with Crippen LogP contribution in [0.15, 0.2) is 103 Å². The molecule has 46 heavy (non-hydrogen) atoms. The van der Waals surface area contributed by atoms with Crippen molar-refractivity contribution in [3.05, 3.63) is 126 Å². The van der Waals surface area contributed by atoms with Crippen molar-refractivity contribution in [1.29, 1.82) is 5.41 Å².